The van der Waals surface area contributed by atoms with E-state index in [-0.39, 0.29) is 5.82 Å². The second kappa shape index (κ2) is 7.39. The standard InChI is InChI=1S/C23H17FN6S2/c1-13-14(2)30(16-9-7-15(24)8-10-16)21-20(13)22-27-19(28-29(22)12-25-21)11-31-23-26-17-5-3-4-6-18(17)32-23/h3-10,12H,11H2,1-2H3. The van der Waals surface area contributed by atoms with Crippen LogP contribution in [0.1, 0.15) is 17.1 Å². The number of para-hydroxylation sites is 1. The van der Waals surface area contributed by atoms with Crippen LogP contribution in [0.4, 0.5) is 4.39 Å². The maximum absolute atomic E-state index is 13.4. The van der Waals surface area contributed by atoms with Gasteiger partial charge in [-0.05, 0) is 55.8 Å². The number of nitrogens with zero attached hydrogens (tertiary/aromatic N) is 6. The zero-order chi connectivity index (χ0) is 21.8. The first-order chi connectivity index (χ1) is 15.6. The summed E-state index contributed by atoms with van der Waals surface area (Å²) in [4.78, 5) is 14.2. The lowest BCUT2D eigenvalue weighted by molar-refractivity contribution is 0.627. The van der Waals surface area contributed by atoms with Crippen LogP contribution in [0.3, 0.4) is 0 Å². The van der Waals surface area contributed by atoms with E-state index < -0.39 is 0 Å². The molecule has 0 aliphatic heterocycles. The molecule has 0 saturated heterocycles. The zero-order valence-electron chi connectivity index (χ0n) is 17.3. The van der Waals surface area contributed by atoms with E-state index in [1.54, 1.807) is 46.1 Å². The SMILES string of the molecule is Cc1c(C)n(-c2ccc(F)cc2)c2ncn3nc(CSc4nc5ccccc5s4)nc3c12. The van der Waals surface area contributed by atoms with Gasteiger partial charge in [0.2, 0.25) is 0 Å². The predicted molar refractivity (Wildman–Crippen MR) is 126 cm³/mol. The summed E-state index contributed by atoms with van der Waals surface area (Å²) in [6, 6.07) is 14.6. The molecule has 0 aliphatic rings. The Morgan fingerprint density at radius 3 is 2.62 bits per heavy atom. The average molecular weight is 461 g/mol. The highest BCUT2D eigenvalue weighted by Crippen LogP contribution is 2.32. The Balaban J connectivity index is 1.40. The van der Waals surface area contributed by atoms with Crippen LogP contribution in [0, 0.1) is 19.7 Å². The van der Waals surface area contributed by atoms with Crippen molar-refractivity contribution in [3.63, 3.8) is 0 Å². The van der Waals surface area contributed by atoms with Gasteiger partial charge in [-0.2, -0.15) is 0 Å². The molecular formula is C23H17FN6S2. The molecule has 0 unspecified atom stereocenters. The van der Waals surface area contributed by atoms with E-state index in [2.05, 4.69) is 28.1 Å². The predicted octanol–water partition coefficient (Wildman–Crippen LogP) is 5.73. The number of aryl methyl sites for hydroxylation is 1. The van der Waals surface area contributed by atoms with Gasteiger partial charge < -0.3 is 0 Å². The van der Waals surface area contributed by atoms with Crippen LogP contribution in [-0.2, 0) is 5.75 Å². The van der Waals surface area contributed by atoms with Gasteiger partial charge in [0.1, 0.15) is 12.1 Å². The largest absolute Gasteiger partial charge is 0.298 e. The third-order valence-electron chi connectivity index (χ3n) is 5.56. The molecule has 158 valence electrons. The van der Waals surface area contributed by atoms with Gasteiger partial charge in [-0.1, -0.05) is 23.9 Å². The molecule has 0 radical (unpaired) electrons. The Morgan fingerprint density at radius 1 is 1.00 bits per heavy atom. The fraction of sp³-hybridized carbons (Fsp3) is 0.130. The normalized spacial score (nSPS) is 11.8. The third-order valence-corrected chi connectivity index (χ3v) is 7.74. The van der Waals surface area contributed by atoms with E-state index in [9.17, 15) is 4.39 Å². The lowest BCUT2D eigenvalue weighted by atomic mass is 10.2. The monoisotopic (exact) mass is 460 g/mol. The van der Waals surface area contributed by atoms with E-state index in [1.165, 1.54) is 16.8 Å². The number of hydrogen-bond donors (Lipinski definition) is 0. The fourth-order valence-electron chi connectivity index (χ4n) is 3.91. The van der Waals surface area contributed by atoms with Gasteiger partial charge in [-0.3, -0.25) is 4.57 Å². The van der Waals surface area contributed by atoms with Gasteiger partial charge in [0, 0.05) is 11.4 Å². The van der Waals surface area contributed by atoms with Crippen LogP contribution in [-0.4, -0.2) is 29.1 Å². The summed E-state index contributed by atoms with van der Waals surface area (Å²) in [5, 5.41) is 5.59. The van der Waals surface area contributed by atoms with Crippen LogP contribution in [0.25, 0.3) is 32.6 Å². The van der Waals surface area contributed by atoms with E-state index in [1.807, 2.05) is 29.7 Å². The summed E-state index contributed by atoms with van der Waals surface area (Å²) in [6.45, 7) is 4.10. The average Bonchev–Trinajstić information content (AvgIpc) is 3.47. The first-order valence-electron chi connectivity index (χ1n) is 10.0. The van der Waals surface area contributed by atoms with Gasteiger partial charge in [0.05, 0.1) is 21.4 Å². The maximum Gasteiger partial charge on any atom is 0.168 e. The molecule has 9 heteroatoms. The Kier molecular flexibility index (Phi) is 4.48. The van der Waals surface area contributed by atoms with Crippen molar-refractivity contribution in [2.45, 2.75) is 23.9 Å². The molecule has 6 aromatic rings. The van der Waals surface area contributed by atoms with Gasteiger partial charge >= 0.3 is 0 Å². The molecule has 4 heterocycles. The maximum atomic E-state index is 13.4. The smallest absolute Gasteiger partial charge is 0.168 e. The zero-order valence-corrected chi connectivity index (χ0v) is 18.9. The molecule has 0 aliphatic carbocycles. The molecule has 0 spiro atoms. The van der Waals surface area contributed by atoms with Crippen molar-refractivity contribution in [2.75, 3.05) is 0 Å². The van der Waals surface area contributed by atoms with E-state index in [4.69, 9.17) is 4.98 Å². The van der Waals surface area contributed by atoms with Crippen molar-refractivity contribution in [3.8, 4) is 5.69 Å². The second-order valence-electron chi connectivity index (χ2n) is 7.50. The van der Waals surface area contributed by atoms with Crippen molar-refractivity contribution < 1.29 is 4.39 Å². The number of aromatic nitrogens is 6. The van der Waals surface area contributed by atoms with Gasteiger partial charge in [0.15, 0.2) is 21.5 Å². The van der Waals surface area contributed by atoms with E-state index >= 15 is 0 Å². The molecule has 6 rings (SSSR count). The summed E-state index contributed by atoms with van der Waals surface area (Å²) in [5.74, 6) is 1.09. The molecule has 6 nitrogen and oxygen atoms in total. The van der Waals surface area contributed by atoms with Gasteiger partial charge in [-0.15, -0.1) is 16.4 Å². The number of hydrogen-bond acceptors (Lipinski definition) is 6. The minimum atomic E-state index is -0.261. The van der Waals surface area contributed by atoms with Crippen LogP contribution in [0.15, 0.2) is 59.2 Å². The molecular weight excluding hydrogens is 443 g/mol. The van der Waals surface area contributed by atoms with Crippen molar-refractivity contribution in [1.29, 1.82) is 0 Å². The number of benzene rings is 2. The van der Waals surface area contributed by atoms with Crippen LogP contribution in [0.5, 0.6) is 0 Å². The molecule has 0 bridgehead atoms. The molecule has 0 atom stereocenters. The minimum Gasteiger partial charge on any atom is -0.298 e. The molecule has 0 saturated carbocycles. The van der Waals surface area contributed by atoms with E-state index in [0.29, 0.717) is 5.75 Å². The summed E-state index contributed by atoms with van der Waals surface area (Å²) in [6.07, 6.45) is 1.69. The van der Waals surface area contributed by atoms with Crippen molar-refractivity contribution in [1.82, 2.24) is 29.1 Å². The topological polar surface area (TPSA) is 60.9 Å². The summed E-state index contributed by atoms with van der Waals surface area (Å²) in [7, 11) is 0. The number of thiazole rings is 1. The van der Waals surface area contributed by atoms with Crippen molar-refractivity contribution in [3.05, 3.63) is 77.8 Å². The number of fused-ring (bicyclic) bond motifs is 4. The Labute approximate surface area is 190 Å². The second-order valence-corrected chi connectivity index (χ2v) is 9.75. The van der Waals surface area contributed by atoms with E-state index in [0.717, 1.165) is 49.3 Å². The fourth-order valence-corrected chi connectivity index (χ4v) is 5.83. The summed E-state index contributed by atoms with van der Waals surface area (Å²) < 4.78 is 19.4. The van der Waals surface area contributed by atoms with Gasteiger partial charge in [0.25, 0.3) is 0 Å². The number of rotatable bonds is 4. The van der Waals surface area contributed by atoms with Crippen LogP contribution < -0.4 is 0 Å². The minimum absolute atomic E-state index is 0.261. The molecule has 32 heavy (non-hydrogen) atoms. The lowest BCUT2D eigenvalue weighted by Gasteiger charge is -2.07. The highest BCUT2D eigenvalue weighted by Gasteiger charge is 2.19. The molecule has 0 fully saturated rings. The third kappa shape index (κ3) is 3.08. The Morgan fingerprint density at radius 2 is 1.81 bits per heavy atom. The molecule has 0 amide bonds. The number of halogens is 1. The highest BCUT2D eigenvalue weighted by molar-refractivity contribution is 8.00. The summed E-state index contributed by atoms with van der Waals surface area (Å²) >= 11 is 3.32. The first-order valence-corrected chi connectivity index (χ1v) is 11.8. The Bertz CT molecular complexity index is 1580. The lowest BCUT2D eigenvalue weighted by Crippen LogP contribution is -1.99. The quantitative estimate of drug-likeness (QED) is 0.315. The van der Waals surface area contributed by atoms with Crippen molar-refractivity contribution >= 4 is 50.0 Å². The van der Waals surface area contributed by atoms with Crippen LogP contribution >= 0.6 is 23.1 Å². The molecule has 0 N–H and O–H groups in total. The Hall–Kier alpha value is -3.30. The molecule has 4 aromatic heterocycles. The molecule has 2 aromatic carbocycles. The van der Waals surface area contributed by atoms with Crippen molar-refractivity contribution in [2.24, 2.45) is 0 Å². The first kappa shape index (κ1) is 19.4. The highest BCUT2D eigenvalue weighted by atomic mass is 32.2. The summed E-state index contributed by atoms with van der Waals surface area (Å²) in [5.41, 5.74) is 5.57. The van der Waals surface area contributed by atoms with Gasteiger partial charge in [-0.25, -0.2) is 23.9 Å². The number of thioether (sulfide) groups is 1. The van der Waals surface area contributed by atoms with Crippen LogP contribution in [0.2, 0.25) is 0 Å².